The number of halogens is 2. The summed E-state index contributed by atoms with van der Waals surface area (Å²) in [6, 6.07) is 6.92. The van der Waals surface area contributed by atoms with Crippen LogP contribution in [0.3, 0.4) is 0 Å². The van der Waals surface area contributed by atoms with Gasteiger partial charge in [-0.2, -0.15) is 9.97 Å². The Bertz CT molecular complexity index is 2040. The van der Waals surface area contributed by atoms with Crippen molar-refractivity contribution in [2.24, 2.45) is 5.41 Å². The number of hydrogen-bond donors (Lipinski definition) is 2. The molecule has 2 bridgehead atoms. The number of rotatable bonds is 7. The molecule has 2 aromatic carbocycles. The maximum atomic E-state index is 17.2. The van der Waals surface area contributed by atoms with E-state index in [0.29, 0.717) is 78.0 Å². The molecule has 4 aliphatic heterocycles. The van der Waals surface area contributed by atoms with Crippen molar-refractivity contribution in [1.29, 1.82) is 0 Å². The smallest absolute Gasteiger partial charge is 0.319 e. The number of phenols is 1. The fourth-order valence-electron chi connectivity index (χ4n) is 10.4. The van der Waals surface area contributed by atoms with Gasteiger partial charge in [0.25, 0.3) is 0 Å². The fraction of sp³-hybridized carbons (Fsp3) is 0.585. The van der Waals surface area contributed by atoms with Gasteiger partial charge in [-0.3, -0.25) is 9.88 Å². The quantitative estimate of drug-likeness (QED) is 0.213. The second-order valence-corrected chi connectivity index (χ2v) is 16.4. The molecule has 2 aromatic heterocycles. The largest absolute Gasteiger partial charge is 0.508 e. The summed E-state index contributed by atoms with van der Waals surface area (Å²) in [4.78, 5) is 18.9. The van der Waals surface area contributed by atoms with Crippen molar-refractivity contribution in [2.45, 2.75) is 108 Å². The summed E-state index contributed by atoms with van der Waals surface area (Å²) in [5, 5.41) is 23.3. The number of aliphatic hydroxyl groups is 1. The summed E-state index contributed by atoms with van der Waals surface area (Å²) in [6.45, 7) is 6.18. The van der Waals surface area contributed by atoms with Gasteiger partial charge in [0.05, 0.1) is 44.0 Å². The molecule has 10 nitrogen and oxygen atoms in total. The number of aromatic nitrogens is 3. The normalized spacial score (nSPS) is 30.5. The van der Waals surface area contributed by atoms with E-state index >= 15 is 8.78 Å². The number of likely N-dealkylation sites (tertiary alicyclic amines) is 1. The maximum Gasteiger partial charge on any atom is 0.319 e. The second kappa shape index (κ2) is 13.5. The van der Waals surface area contributed by atoms with Crippen LogP contribution in [0.2, 0.25) is 0 Å². The summed E-state index contributed by atoms with van der Waals surface area (Å²) in [5.74, 6) is -0.805. The van der Waals surface area contributed by atoms with E-state index in [4.69, 9.17) is 24.2 Å². The van der Waals surface area contributed by atoms with E-state index in [1.165, 1.54) is 31.2 Å². The topological polar surface area (TPSA) is 113 Å². The molecule has 5 fully saturated rings. The van der Waals surface area contributed by atoms with Gasteiger partial charge in [-0.25, -0.2) is 8.78 Å². The highest BCUT2D eigenvalue weighted by atomic mass is 19.1. The molecule has 1 saturated carbocycles. The molecule has 53 heavy (non-hydrogen) atoms. The highest BCUT2D eigenvalue weighted by molar-refractivity contribution is 6.01. The minimum absolute atomic E-state index is 0.00850. The lowest BCUT2D eigenvalue weighted by Gasteiger charge is -2.50. The van der Waals surface area contributed by atoms with Crippen molar-refractivity contribution in [3.8, 4) is 23.0 Å². The first-order chi connectivity index (χ1) is 25.6. The molecule has 5 atom stereocenters. The maximum absolute atomic E-state index is 17.2. The summed E-state index contributed by atoms with van der Waals surface area (Å²) in [6.07, 6.45) is 12.7. The van der Waals surface area contributed by atoms with Crippen LogP contribution < -0.4 is 9.64 Å². The number of aromatic hydroxyl groups is 1. The van der Waals surface area contributed by atoms with Gasteiger partial charge in [0, 0.05) is 35.8 Å². The Balaban J connectivity index is 1.12. The molecule has 0 radical (unpaired) electrons. The predicted octanol–water partition coefficient (Wildman–Crippen LogP) is 6.70. The number of fused-ring (bicyclic) bond motifs is 5. The third-order valence-electron chi connectivity index (χ3n) is 12.7. The molecule has 4 saturated heterocycles. The van der Waals surface area contributed by atoms with E-state index in [1.54, 1.807) is 19.1 Å². The van der Waals surface area contributed by atoms with Gasteiger partial charge < -0.3 is 29.3 Å². The van der Waals surface area contributed by atoms with Crippen molar-refractivity contribution in [3.05, 3.63) is 47.7 Å². The Labute approximate surface area is 308 Å². The summed E-state index contributed by atoms with van der Waals surface area (Å²) >= 11 is 0. The number of hydrogen-bond acceptors (Lipinski definition) is 10. The molecule has 0 spiro atoms. The molecule has 6 heterocycles. The van der Waals surface area contributed by atoms with E-state index in [1.807, 2.05) is 11.8 Å². The Hall–Kier alpha value is -3.71. The number of anilines is 1. The van der Waals surface area contributed by atoms with E-state index in [2.05, 4.69) is 9.88 Å². The average Bonchev–Trinajstić information content (AvgIpc) is 3.67. The van der Waals surface area contributed by atoms with Crippen molar-refractivity contribution in [3.63, 3.8) is 0 Å². The predicted molar refractivity (Wildman–Crippen MR) is 197 cm³/mol. The third kappa shape index (κ3) is 6.29. The minimum atomic E-state index is -1.17. The number of piperidine rings is 1. The van der Waals surface area contributed by atoms with Crippen LogP contribution in [0, 0.1) is 17.0 Å². The fourth-order valence-corrected chi connectivity index (χ4v) is 10.4. The molecule has 4 aromatic rings. The van der Waals surface area contributed by atoms with Crippen molar-refractivity contribution in [2.75, 3.05) is 44.4 Å². The zero-order valence-electron chi connectivity index (χ0n) is 30.6. The third-order valence-corrected chi connectivity index (χ3v) is 12.7. The van der Waals surface area contributed by atoms with Gasteiger partial charge in [0.2, 0.25) is 0 Å². The highest BCUT2D eigenvalue weighted by Crippen LogP contribution is 2.50. The molecule has 12 heteroatoms. The lowest BCUT2D eigenvalue weighted by molar-refractivity contribution is -0.0798. The van der Waals surface area contributed by atoms with Gasteiger partial charge in [0.1, 0.15) is 34.2 Å². The molecular formula is C41H49F2N5O5. The van der Waals surface area contributed by atoms with Crippen molar-refractivity contribution < 1.29 is 33.2 Å². The first-order valence-corrected chi connectivity index (χ1v) is 19.5. The standard InChI is InChI=1S/C41H49F2N5O5/c1-3-29-32(42)10-7-24-16-26(49)19-30(34(24)29)36-35(43)37-31(20-44-36)38(47-14-15-51-22-40(2,50)21-47)46-39(45-37)52-23-41-11-4-6-33(41)48(13-5-12-41)25-17-27-8-9-28(18-25)53-27/h7,10,16,19-20,25,27-28,33,49-50H,3-6,8-9,11-15,17-18,21-23H2,1-2H3/t25?,27?,28?,33-,40+,41-/m1/s1. The zero-order valence-corrected chi connectivity index (χ0v) is 30.6. The van der Waals surface area contributed by atoms with E-state index in [9.17, 15) is 10.2 Å². The van der Waals surface area contributed by atoms with Crippen molar-refractivity contribution in [1.82, 2.24) is 19.9 Å². The molecule has 1 aliphatic carbocycles. The van der Waals surface area contributed by atoms with E-state index in [0.717, 1.165) is 51.5 Å². The second-order valence-electron chi connectivity index (χ2n) is 16.4. The number of benzene rings is 2. The first kappa shape index (κ1) is 35.0. The van der Waals surface area contributed by atoms with Crippen LogP contribution >= 0.6 is 0 Å². The van der Waals surface area contributed by atoms with E-state index in [-0.39, 0.29) is 47.1 Å². The number of β-amino-alcohol motifs (C(OH)–C–C–N with tert-alkyl or cyclic N) is 1. The van der Waals surface area contributed by atoms with Crippen LogP contribution in [0.4, 0.5) is 14.6 Å². The first-order valence-electron chi connectivity index (χ1n) is 19.5. The molecule has 5 aliphatic rings. The minimum Gasteiger partial charge on any atom is -0.508 e. The molecule has 2 N–H and O–H groups in total. The van der Waals surface area contributed by atoms with Crippen LogP contribution in [0.1, 0.15) is 77.2 Å². The number of ether oxygens (including phenoxy) is 3. The van der Waals surface area contributed by atoms with Gasteiger partial charge >= 0.3 is 6.01 Å². The number of pyridine rings is 1. The van der Waals surface area contributed by atoms with Gasteiger partial charge in [0.15, 0.2) is 5.82 Å². The zero-order chi connectivity index (χ0) is 36.5. The Morgan fingerprint density at radius 3 is 2.66 bits per heavy atom. The molecule has 0 amide bonds. The van der Waals surface area contributed by atoms with Crippen LogP contribution in [0.15, 0.2) is 30.5 Å². The summed E-state index contributed by atoms with van der Waals surface area (Å²) < 4.78 is 50.8. The van der Waals surface area contributed by atoms with Crippen LogP contribution in [-0.4, -0.2) is 99.4 Å². The number of nitrogens with zero attached hydrogens (tertiary/aromatic N) is 5. The van der Waals surface area contributed by atoms with Crippen LogP contribution in [-0.2, 0) is 15.9 Å². The summed E-state index contributed by atoms with van der Waals surface area (Å²) in [7, 11) is 0. The molecule has 2 unspecified atom stereocenters. The van der Waals surface area contributed by atoms with Gasteiger partial charge in [-0.15, -0.1) is 0 Å². The van der Waals surface area contributed by atoms with Gasteiger partial charge in [-0.05, 0) is 106 Å². The highest BCUT2D eigenvalue weighted by Gasteiger charge is 2.51. The Kier molecular flexibility index (Phi) is 8.95. The monoisotopic (exact) mass is 729 g/mol. The van der Waals surface area contributed by atoms with Crippen molar-refractivity contribution >= 4 is 27.5 Å². The SMILES string of the molecule is CCc1c(F)ccc2cc(O)cc(-c3ncc4c(N5CCOC[C@@](C)(O)C5)nc(OC[C@]56CCC[C@H]5N(C5CC7CCC(C5)O7)CCC6)nc4c3F)c12. The van der Waals surface area contributed by atoms with Crippen LogP contribution in [0.25, 0.3) is 32.9 Å². The number of phenolic OH excluding ortho intramolecular Hbond substituents is 1. The lowest BCUT2D eigenvalue weighted by Crippen LogP contribution is -2.57. The molecule has 9 rings (SSSR count). The average molecular weight is 730 g/mol. The Morgan fingerprint density at radius 2 is 1.85 bits per heavy atom. The summed E-state index contributed by atoms with van der Waals surface area (Å²) in [5.41, 5.74) is -0.582. The van der Waals surface area contributed by atoms with Crippen LogP contribution in [0.5, 0.6) is 11.8 Å². The number of aryl methyl sites for hydroxylation is 1. The molecular weight excluding hydrogens is 680 g/mol. The lowest BCUT2D eigenvalue weighted by atomic mass is 9.74. The van der Waals surface area contributed by atoms with E-state index < -0.39 is 17.2 Å². The molecule has 282 valence electrons. The van der Waals surface area contributed by atoms with Gasteiger partial charge in [-0.1, -0.05) is 19.4 Å². The Morgan fingerprint density at radius 1 is 1.04 bits per heavy atom.